The van der Waals surface area contributed by atoms with Crippen LogP contribution >= 0.6 is 0 Å². The van der Waals surface area contributed by atoms with Crippen molar-refractivity contribution in [3.63, 3.8) is 0 Å². The molecule has 3 rings (SSSR count). The molecule has 0 spiro atoms. The van der Waals surface area contributed by atoms with Crippen LogP contribution < -0.4 is 16.0 Å². The average Bonchev–Trinajstić information content (AvgIpc) is 3.11. The van der Waals surface area contributed by atoms with E-state index in [-0.39, 0.29) is 0 Å². The molecule has 0 radical (unpaired) electrons. The van der Waals surface area contributed by atoms with E-state index in [0.717, 1.165) is 56.9 Å². The lowest BCUT2D eigenvalue weighted by Gasteiger charge is -2.07. The summed E-state index contributed by atoms with van der Waals surface area (Å²) in [7, 11) is 4.00. The number of hydrogen-bond donors (Lipinski definition) is 3. The Hall–Kier alpha value is -1.98. The Morgan fingerprint density at radius 2 is 1.55 bits per heavy atom. The van der Waals surface area contributed by atoms with Gasteiger partial charge in [-0.05, 0) is 6.58 Å². The van der Waals surface area contributed by atoms with Gasteiger partial charge in [0.15, 0.2) is 5.88 Å². The minimum absolute atomic E-state index is 0.792. The molecule has 0 aliphatic carbocycles. The summed E-state index contributed by atoms with van der Waals surface area (Å²) in [6.45, 7) is 17.0. The maximum Gasteiger partial charge on any atom is 0.181 e. The van der Waals surface area contributed by atoms with Crippen LogP contribution in [-0.2, 0) is 4.74 Å². The second-order valence-electron chi connectivity index (χ2n) is 4.79. The van der Waals surface area contributed by atoms with Crippen LogP contribution in [0.3, 0.4) is 0 Å². The molecule has 3 saturated heterocycles. The molecule has 3 N–H and O–H groups in total. The van der Waals surface area contributed by atoms with Crippen molar-refractivity contribution in [2.24, 2.45) is 0 Å². The van der Waals surface area contributed by atoms with Crippen molar-refractivity contribution in [3.8, 4) is 0 Å². The molecule has 6 nitrogen and oxygen atoms in total. The summed E-state index contributed by atoms with van der Waals surface area (Å²) in [5.41, 5.74) is 0. The molecule has 0 saturated carbocycles. The standard InChI is InChI=1S/C5H10N2.C5H9NO.C4H8N2/c1-5-6-3-4-7(5)2;1-5-6(2)3-4-7-5;1-4-5-2-3-6-4/h6H,1,3-4H2,2H3;1,3-4H2,2H3;5-6H,1-3H2. The normalized spacial score (nSPS) is 20.0. The fraction of sp³-hybridized carbons (Fsp3) is 0.571. The van der Waals surface area contributed by atoms with Gasteiger partial charge in [-0.15, -0.1) is 0 Å². The van der Waals surface area contributed by atoms with Crippen LogP contribution in [0.1, 0.15) is 0 Å². The van der Waals surface area contributed by atoms with E-state index in [9.17, 15) is 0 Å². The summed E-state index contributed by atoms with van der Waals surface area (Å²) in [5, 5.41) is 9.13. The molecule has 0 aromatic rings. The van der Waals surface area contributed by atoms with E-state index in [1.54, 1.807) is 0 Å². The first-order valence-corrected chi connectivity index (χ1v) is 6.84. The fourth-order valence-electron chi connectivity index (χ4n) is 1.66. The van der Waals surface area contributed by atoms with Crippen molar-refractivity contribution >= 4 is 0 Å². The van der Waals surface area contributed by atoms with Crippen LogP contribution in [0.4, 0.5) is 0 Å². The van der Waals surface area contributed by atoms with Gasteiger partial charge in [0, 0.05) is 40.3 Å². The molecule has 0 atom stereocenters. The zero-order chi connectivity index (χ0) is 15.0. The Morgan fingerprint density at radius 1 is 0.900 bits per heavy atom. The molecule has 0 aromatic carbocycles. The highest BCUT2D eigenvalue weighted by molar-refractivity contribution is 4.94. The van der Waals surface area contributed by atoms with E-state index in [2.05, 4.69) is 40.6 Å². The summed E-state index contributed by atoms with van der Waals surface area (Å²) >= 11 is 0. The number of hydrogen-bond acceptors (Lipinski definition) is 6. The molecule has 3 aliphatic heterocycles. The first-order chi connectivity index (χ1) is 9.50. The Morgan fingerprint density at radius 3 is 1.70 bits per heavy atom. The zero-order valence-electron chi connectivity index (χ0n) is 12.7. The van der Waals surface area contributed by atoms with Gasteiger partial charge in [-0.3, -0.25) is 0 Å². The third-order valence-electron chi connectivity index (χ3n) is 3.16. The van der Waals surface area contributed by atoms with Crippen LogP contribution in [0.5, 0.6) is 0 Å². The lowest BCUT2D eigenvalue weighted by atomic mass is 10.6. The van der Waals surface area contributed by atoms with Crippen molar-refractivity contribution < 1.29 is 4.74 Å². The van der Waals surface area contributed by atoms with E-state index < -0.39 is 0 Å². The molecule has 0 amide bonds. The summed E-state index contributed by atoms with van der Waals surface area (Å²) in [5.74, 6) is 2.79. The van der Waals surface area contributed by atoms with E-state index >= 15 is 0 Å². The molecular formula is C14H27N5O. The maximum atomic E-state index is 5.00. The zero-order valence-corrected chi connectivity index (χ0v) is 12.7. The first-order valence-electron chi connectivity index (χ1n) is 6.84. The number of likely N-dealkylation sites (N-methyl/N-ethyl adjacent to an activating group) is 2. The van der Waals surface area contributed by atoms with Crippen molar-refractivity contribution in [3.05, 3.63) is 37.3 Å². The van der Waals surface area contributed by atoms with E-state index in [1.807, 2.05) is 19.0 Å². The minimum atomic E-state index is 0.792. The third kappa shape index (κ3) is 5.77. The van der Waals surface area contributed by atoms with E-state index in [4.69, 9.17) is 4.74 Å². The van der Waals surface area contributed by atoms with Crippen LogP contribution in [-0.4, -0.2) is 63.2 Å². The Kier molecular flexibility index (Phi) is 6.63. The van der Waals surface area contributed by atoms with Crippen LogP contribution in [0.2, 0.25) is 0 Å². The predicted molar refractivity (Wildman–Crippen MR) is 82.6 cm³/mol. The molecule has 3 heterocycles. The highest BCUT2D eigenvalue weighted by Crippen LogP contribution is 2.06. The smallest absolute Gasteiger partial charge is 0.181 e. The Labute approximate surface area is 122 Å². The van der Waals surface area contributed by atoms with Gasteiger partial charge < -0.3 is 30.5 Å². The van der Waals surface area contributed by atoms with Crippen LogP contribution in [0.15, 0.2) is 37.3 Å². The topological polar surface area (TPSA) is 51.8 Å². The minimum Gasteiger partial charge on any atom is -0.478 e. The van der Waals surface area contributed by atoms with Crippen LogP contribution in [0, 0.1) is 0 Å². The molecule has 0 bridgehead atoms. The Bertz CT molecular complexity index is 323. The second-order valence-corrected chi connectivity index (χ2v) is 4.79. The van der Waals surface area contributed by atoms with Gasteiger partial charge in [0.25, 0.3) is 0 Å². The van der Waals surface area contributed by atoms with Gasteiger partial charge in [-0.2, -0.15) is 0 Å². The first kappa shape index (κ1) is 16.1. The lowest BCUT2D eigenvalue weighted by molar-refractivity contribution is 0.246. The number of ether oxygens (including phenoxy) is 1. The number of rotatable bonds is 0. The van der Waals surface area contributed by atoms with E-state index in [0.29, 0.717) is 0 Å². The van der Waals surface area contributed by atoms with Crippen LogP contribution in [0.25, 0.3) is 0 Å². The summed E-state index contributed by atoms with van der Waals surface area (Å²) in [6.07, 6.45) is 0. The maximum absolute atomic E-state index is 5.00. The molecule has 6 heteroatoms. The second kappa shape index (κ2) is 8.24. The molecule has 0 unspecified atom stereocenters. The largest absolute Gasteiger partial charge is 0.478 e. The quantitative estimate of drug-likeness (QED) is 0.584. The Balaban J connectivity index is 0.000000151. The van der Waals surface area contributed by atoms with Crippen molar-refractivity contribution in [1.82, 2.24) is 25.8 Å². The summed E-state index contributed by atoms with van der Waals surface area (Å²) < 4.78 is 5.00. The van der Waals surface area contributed by atoms with Crippen molar-refractivity contribution in [1.29, 1.82) is 0 Å². The molecular weight excluding hydrogens is 254 g/mol. The fourth-order valence-corrected chi connectivity index (χ4v) is 1.66. The summed E-state index contributed by atoms with van der Waals surface area (Å²) in [6, 6.07) is 0. The van der Waals surface area contributed by atoms with E-state index in [1.165, 1.54) is 0 Å². The lowest BCUT2D eigenvalue weighted by Crippen LogP contribution is -2.11. The molecule has 0 aromatic heterocycles. The molecule has 3 fully saturated rings. The van der Waals surface area contributed by atoms with Gasteiger partial charge >= 0.3 is 0 Å². The molecule has 20 heavy (non-hydrogen) atoms. The number of nitrogens with one attached hydrogen (secondary N) is 3. The average molecular weight is 281 g/mol. The summed E-state index contributed by atoms with van der Waals surface area (Å²) in [4.78, 5) is 4.08. The molecule has 3 aliphatic rings. The highest BCUT2D eigenvalue weighted by Gasteiger charge is 2.09. The van der Waals surface area contributed by atoms with Gasteiger partial charge in [0.05, 0.1) is 18.2 Å². The predicted octanol–water partition coefficient (Wildman–Crippen LogP) is 0.0626. The molecule has 114 valence electrons. The highest BCUT2D eigenvalue weighted by atomic mass is 16.5. The monoisotopic (exact) mass is 281 g/mol. The number of nitrogens with zero attached hydrogens (tertiary/aromatic N) is 2. The van der Waals surface area contributed by atoms with Gasteiger partial charge in [0.2, 0.25) is 0 Å². The van der Waals surface area contributed by atoms with Gasteiger partial charge in [0.1, 0.15) is 6.61 Å². The van der Waals surface area contributed by atoms with Crippen molar-refractivity contribution in [2.45, 2.75) is 0 Å². The third-order valence-corrected chi connectivity index (χ3v) is 3.16. The SMILES string of the molecule is C=C1NCCN1.C=C1NCCN1C.C=C1OCCN1C. The van der Waals surface area contributed by atoms with Gasteiger partial charge in [-0.1, -0.05) is 13.2 Å². The van der Waals surface area contributed by atoms with Gasteiger partial charge in [-0.25, -0.2) is 0 Å². The van der Waals surface area contributed by atoms with Crippen molar-refractivity contribution in [2.75, 3.05) is 53.4 Å².